The van der Waals surface area contributed by atoms with Crippen LogP contribution < -0.4 is 15.4 Å². The first-order valence-corrected chi connectivity index (χ1v) is 7.28. The van der Waals surface area contributed by atoms with Gasteiger partial charge in [0.05, 0.1) is 13.2 Å². The van der Waals surface area contributed by atoms with E-state index in [2.05, 4.69) is 17.6 Å². The number of piperidine rings is 1. The normalized spacial score (nSPS) is 23.9. The standard InChI is InChI=1S/C16H24N2O2/c1-11-10-14(8-9-17-11)16(19)18-12(2)13-4-6-15(20-3)7-5-13/h4-7,11-12,14,17H,8-10H2,1-3H3,(H,18,19)/t11?,12-,14?/m0/s1. The number of ether oxygens (including phenoxy) is 1. The van der Waals surface area contributed by atoms with E-state index in [9.17, 15) is 4.79 Å². The Morgan fingerprint density at radius 2 is 2.10 bits per heavy atom. The molecule has 0 radical (unpaired) electrons. The Morgan fingerprint density at radius 1 is 1.40 bits per heavy atom. The van der Waals surface area contributed by atoms with Crippen molar-refractivity contribution < 1.29 is 9.53 Å². The van der Waals surface area contributed by atoms with E-state index in [-0.39, 0.29) is 17.9 Å². The maximum atomic E-state index is 12.3. The van der Waals surface area contributed by atoms with E-state index in [1.54, 1.807) is 7.11 Å². The van der Waals surface area contributed by atoms with Gasteiger partial charge in [-0.3, -0.25) is 4.79 Å². The summed E-state index contributed by atoms with van der Waals surface area (Å²) < 4.78 is 5.14. The van der Waals surface area contributed by atoms with Gasteiger partial charge in [0, 0.05) is 12.0 Å². The van der Waals surface area contributed by atoms with Crippen molar-refractivity contribution in [2.45, 2.75) is 38.8 Å². The molecule has 1 saturated heterocycles. The molecule has 3 atom stereocenters. The molecule has 0 bridgehead atoms. The summed E-state index contributed by atoms with van der Waals surface area (Å²) in [7, 11) is 1.65. The zero-order valence-electron chi connectivity index (χ0n) is 12.5. The van der Waals surface area contributed by atoms with Crippen LogP contribution >= 0.6 is 0 Å². The van der Waals surface area contributed by atoms with Crippen LogP contribution in [0.3, 0.4) is 0 Å². The highest BCUT2D eigenvalue weighted by atomic mass is 16.5. The van der Waals surface area contributed by atoms with Crippen LogP contribution in [0.15, 0.2) is 24.3 Å². The Kier molecular flexibility index (Phi) is 5.01. The quantitative estimate of drug-likeness (QED) is 0.887. The largest absolute Gasteiger partial charge is 0.497 e. The summed E-state index contributed by atoms with van der Waals surface area (Å²) in [6, 6.07) is 8.29. The van der Waals surface area contributed by atoms with Crippen molar-refractivity contribution >= 4 is 5.91 Å². The summed E-state index contributed by atoms with van der Waals surface area (Å²) in [6.45, 7) is 5.08. The second-order valence-corrected chi connectivity index (χ2v) is 5.58. The predicted octanol–water partition coefficient (Wildman–Crippen LogP) is 2.26. The summed E-state index contributed by atoms with van der Waals surface area (Å²) in [4.78, 5) is 12.3. The lowest BCUT2D eigenvalue weighted by molar-refractivity contribution is -0.126. The number of rotatable bonds is 4. The molecule has 0 aliphatic carbocycles. The van der Waals surface area contributed by atoms with Crippen molar-refractivity contribution in [2.75, 3.05) is 13.7 Å². The van der Waals surface area contributed by atoms with Gasteiger partial charge in [0.2, 0.25) is 5.91 Å². The van der Waals surface area contributed by atoms with Gasteiger partial charge in [0.15, 0.2) is 0 Å². The number of hydrogen-bond acceptors (Lipinski definition) is 3. The van der Waals surface area contributed by atoms with Crippen molar-refractivity contribution in [3.63, 3.8) is 0 Å². The minimum absolute atomic E-state index is 0.0265. The van der Waals surface area contributed by atoms with Crippen LogP contribution in [0, 0.1) is 5.92 Å². The van der Waals surface area contributed by atoms with Crippen LogP contribution in [-0.4, -0.2) is 25.6 Å². The maximum absolute atomic E-state index is 12.3. The predicted molar refractivity (Wildman–Crippen MR) is 79.7 cm³/mol. The van der Waals surface area contributed by atoms with Crippen LogP contribution in [0.25, 0.3) is 0 Å². The number of methoxy groups -OCH3 is 1. The highest BCUT2D eigenvalue weighted by Crippen LogP contribution is 2.20. The summed E-state index contributed by atoms with van der Waals surface area (Å²) in [6.07, 6.45) is 1.84. The molecule has 1 amide bonds. The summed E-state index contributed by atoms with van der Waals surface area (Å²) >= 11 is 0. The van der Waals surface area contributed by atoms with Crippen LogP contribution in [-0.2, 0) is 4.79 Å². The third-order valence-electron chi connectivity index (χ3n) is 3.97. The lowest BCUT2D eigenvalue weighted by Gasteiger charge is -2.28. The molecule has 2 rings (SSSR count). The summed E-state index contributed by atoms with van der Waals surface area (Å²) in [5.41, 5.74) is 1.10. The second kappa shape index (κ2) is 6.75. The molecule has 2 unspecified atom stereocenters. The Balaban J connectivity index is 1.92. The molecule has 1 aromatic rings. The van der Waals surface area contributed by atoms with Crippen LogP contribution in [0.5, 0.6) is 5.75 Å². The molecule has 1 heterocycles. The van der Waals surface area contributed by atoms with E-state index in [0.717, 1.165) is 30.7 Å². The van der Waals surface area contributed by atoms with Gasteiger partial charge >= 0.3 is 0 Å². The van der Waals surface area contributed by atoms with Crippen LogP contribution in [0.4, 0.5) is 0 Å². The number of amides is 1. The molecule has 20 heavy (non-hydrogen) atoms. The van der Waals surface area contributed by atoms with Gasteiger partial charge in [-0.15, -0.1) is 0 Å². The zero-order valence-corrected chi connectivity index (χ0v) is 12.5. The average Bonchev–Trinajstić information content (AvgIpc) is 2.47. The van der Waals surface area contributed by atoms with Crippen molar-refractivity contribution in [3.05, 3.63) is 29.8 Å². The first-order valence-electron chi connectivity index (χ1n) is 7.28. The van der Waals surface area contributed by atoms with E-state index in [1.165, 1.54) is 0 Å². The summed E-state index contributed by atoms with van der Waals surface area (Å²) in [5.74, 6) is 1.13. The third-order valence-corrected chi connectivity index (χ3v) is 3.97. The Hall–Kier alpha value is -1.55. The lowest BCUT2D eigenvalue weighted by Crippen LogP contribution is -2.42. The SMILES string of the molecule is COc1ccc([C@H](C)NC(=O)C2CCNC(C)C2)cc1. The molecule has 1 aromatic carbocycles. The Bertz CT molecular complexity index is 444. The van der Waals surface area contributed by atoms with E-state index in [0.29, 0.717) is 6.04 Å². The second-order valence-electron chi connectivity index (χ2n) is 5.58. The number of benzene rings is 1. The Morgan fingerprint density at radius 3 is 2.70 bits per heavy atom. The van der Waals surface area contributed by atoms with Crippen LogP contribution in [0.1, 0.15) is 38.3 Å². The molecule has 110 valence electrons. The van der Waals surface area contributed by atoms with Crippen molar-refractivity contribution in [1.29, 1.82) is 0 Å². The van der Waals surface area contributed by atoms with Crippen molar-refractivity contribution in [3.8, 4) is 5.75 Å². The van der Waals surface area contributed by atoms with E-state index in [1.807, 2.05) is 31.2 Å². The molecule has 4 nitrogen and oxygen atoms in total. The summed E-state index contributed by atoms with van der Waals surface area (Å²) in [5, 5.41) is 6.49. The lowest BCUT2D eigenvalue weighted by atomic mass is 9.92. The van der Waals surface area contributed by atoms with Gasteiger partial charge in [0.1, 0.15) is 5.75 Å². The zero-order chi connectivity index (χ0) is 14.5. The minimum atomic E-state index is 0.0265. The Labute approximate surface area is 120 Å². The smallest absolute Gasteiger partial charge is 0.223 e. The third kappa shape index (κ3) is 3.73. The molecular weight excluding hydrogens is 252 g/mol. The van der Waals surface area contributed by atoms with Crippen molar-refractivity contribution in [1.82, 2.24) is 10.6 Å². The van der Waals surface area contributed by atoms with E-state index >= 15 is 0 Å². The fourth-order valence-electron chi connectivity index (χ4n) is 2.68. The molecule has 1 aliphatic heterocycles. The number of nitrogens with one attached hydrogen (secondary N) is 2. The fourth-order valence-corrected chi connectivity index (χ4v) is 2.68. The van der Waals surface area contributed by atoms with Gasteiger partial charge in [0.25, 0.3) is 0 Å². The molecule has 0 saturated carbocycles. The van der Waals surface area contributed by atoms with Gasteiger partial charge < -0.3 is 15.4 Å². The van der Waals surface area contributed by atoms with Gasteiger partial charge in [-0.05, 0) is 50.9 Å². The van der Waals surface area contributed by atoms with E-state index < -0.39 is 0 Å². The molecule has 0 spiro atoms. The topological polar surface area (TPSA) is 50.4 Å². The highest BCUT2D eigenvalue weighted by Gasteiger charge is 2.25. The number of hydrogen-bond donors (Lipinski definition) is 2. The van der Waals surface area contributed by atoms with E-state index in [4.69, 9.17) is 4.74 Å². The average molecular weight is 276 g/mol. The van der Waals surface area contributed by atoms with Crippen LogP contribution in [0.2, 0.25) is 0 Å². The number of carbonyl (C=O) groups is 1. The fraction of sp³-hybridized carbons (Fsp3) is 0.562. The monoisotopic (exact) mass is 276 g/mol. The maximum Gasteiger partial charge on any atom is 0.223 e. The molecule has 4 heteroatoms. The highest BCUT2D eigenvalue weighted by molar-refractivity contribution is 5.79. The molecule has 0 aromatic heterocycles. The molecule has 2 N–H and O–H groups in total. The molecule has 1 fully saturated rings. The van der Waals surface area contributed by atoms with Crippen molar-refractivity contribution in [2.24, 2.45) is 5.92 Å². The molecular formula is C16H24N2O2. The van der Waals surface area contributed by atoms with Gasteiger partial charge in [-0.1, -0.05) is 12.1 Å². The number of carbonyl (C=O) groups excluding carboxylic acids is 1. The first kappa shape index (κ1) is 14.9. The molecule has 1 aliphatic rings. The van der Waals surface area contributed by atoms with Gasteiger partial charge in [-0.25, -0.2) is 0 Å². The first-order chi connectivity index (χ1) is 9.60. The minimum Gasteiger partial charge on any atom is -0.497 e. The van der Waals surface area contributed by atoms with Gasteiger partial charge in [-0.2, -0.15) is 0 Å².